The molecule has 23 heavy (non-hydrogen) atoms. The predicted molar refractivity (Wildman–Crippen MR) is 67.6 cm³/mol. The molecule has 11 heteroatoms. The fraction of sp³-hybridized carbons (Fsp3) is 0.917. The molecule has 0 aromatic carbocycles. The molecular formula is C12H20O11. The third-order valence-electron chi connectivity index (χ3n) is 3.86. The highest BCUT2D eigenvalue weighted by Crippen LogP contribution is 2.27. The first-order valence-electron chi connectivity index (χ1n) is 6.95. The zero-order chi connectivity index (χ0) is 17.3. The molecule has 1 unspecified atom stereocenters. The number of hydrogen-bond donors (Lipinski definition) is 7. The van der Waals surface area contributed by atoms with E-state index in [-0.39, 0.29) is 0 Å². The topological polar surface area (TPSA) is 186 Å². The van der Waals surface area contributed by atoms with Gasteiger partial charge in [0.2, 0.25) is 0 Å². The molecular weight excluding hydrogens is 320 g/mol. The molecule has 7 N–H and O–H groups in total. The molecule has 2 aliphatic rings. The fourth-order valence-electron chi connectivity index (χ4n) is 2.47. The van der Waals surface area contributed by atoms with Gasteiger partial charge in [0.25, 0.3) is 0 Å². The second-order valence-electron chi connectivity index (χ2n) is 5.39. The number of ether oxygens (including phenoxy) is 3. The summed E-state index contributed by atoms with van der Waals surface area (Å²) in [5.41, 5.74) is 0. The maximum absolute atomic E-state index is 11.3. The highest BCUT2D eigenvalue weighted by Gasteiger charge is 2.50. The zero-order valence-electron chi connectivity index (χ0n) is 11.9. The third-order valence-corrected chi connectivity index (χ3v) is 3.86. The zero-order valence-corrected chi connectivity index (χ0v) is 11.9. The van der Waals surface area contributed by atoms with Crippen LogP contribution in [0, 0.1) is 0 Å². The summed E-state index contributed by atoms with van der Waals surface area (Å²) in [6, 6.07) is 0. The van der Waals surface area contributed by atoms with Gasteiger partial charge in [-0.3, -0.25) is 0 Å². The van der Waals surface area contributed by atoms with E-state index < -0.39 is 74.3 Å². The average Bonchev–Trinajstić information content (AvgIpc) is 2.55. The van der Waals surface area contributed by atoms with Gasteiger partial charge in [-0.2, -0.15) is 0 Å². The van der Waals surface area contributed by atoms with Gasteiger partial charge in [-0.15, -0.1) is 0 Å². The molecule has 2 fully saturated rings. The van der Waals surface area contributed by atoms with Crippen molar-refractivity contribution in [1.29, 1.82) is 0 Å². The van der Waals surface area contributed by atoms with E-state index in [9.17, 15) is 35.4 Å². The number of aliphatic hydroxyl groups is 7. The first-order valence-corrected chi connectivity index (χ1v) is 6.95. The van der Waals surface area contributed by atoms with Crippen LogP contribution < -0.4 is 0 Å². The van der Waals surface area contributed by atoms with Gasteiger partial charge in [-0.1, -0.05) is 0 Å². The number of hydrogen-bond acceptors (Lipinski definition) is 11. The quantitative estimate of drug-likeness (QED) is 0.242. The Bertz CT molecular complexity index is 414. The number of aliphatic hydroxyl groups excluding tert-OH is 7. The van der Waals surface area contributed by atoms with E-state index in [0.29, 0.717) is 0 Å². The van der Waals surface area contributed by atoms with Gasteiger partial charge in [0.15, 0.2) is 18.5 Å². The summed E-state index contributed by atoms with van der Waals surface area (Å²) in [4.78, 5) is 11.3. The Labute approximate surface area is 130 Å². The molecule has 0 aromatic rings. The highest BCUT2D eigenvalue weighted by atomic mass is 16.7. The number of rotatable bonds is 4. The maximum atomic E-state index is 11.3. The van der Waals surface area contributed by atoms with E-state index in [1.807, 2.05) is 0 Å². The monoisotopic (exact) mass is 340 g/mol. The van der Waals surface area contributed by atoms with E-state index in [2.05, 4.69) is 4.74 Å². The average molecular weight is 340 g/mol. The summed E-state index contributed by atoms with van der Waals surface area (Å²) in [6.45, 7) is -1.42. The lowest BCUT2D eigenvalue weighted by Crippen LogP contribution is -2.63. The summed E-state index contributed by atoms with van der Waals surface area (Å²) in [5.74, 6) is -1.15. The Hall–Kier alpha value is -0.890. The van der Waals surface area contributed by atoms with Crippen molar-refractivity contribution in [3.05, 3.63) is 0 Å². The molecule has 0 spiro atoms. The number of esters is 1. The van der Waals surface area contributed by atoms with Crippen molar-refractivity contribution in [3.8, 4) is 0 Å². The molecule has 11 nitrogen and oxygen atoms in total. The van der Waals surface area contributed by atoms with Gasteiger partial charge in [-0.05, 0) is 0 Å². The molecule has 9 atom stereocenters. The van der Waals surface area contributed by atoms with Crippen LogP contribution in [0.15, 0.2) is 0 Å². The number of cyclic esters (lactones) is 1. The summed E-state index contributed by atoms with van der Waals surface area (Å²) >= 11 is 0. The van der Waals surface area contributed by atoms with Crippen LogP contribution in [-0.2, 0) is 19.0 Å². The van der Waals surface area contributed by atoms with Gasteiger partial charge in [0.05, 0.1) is 13.2 Å². The van der Waals surface area contributed by atoms with Gasteiger partial charge < -0.3 is 50.0 Å². The van der Waals surface area contributed by atoms with Crippen molar-refractivity contribution >= 4 is 5.97 Å². The number of carbonyl (C=O) groups is 1. The molecule has 0 aromatic heterocycles. The smallest absolute Gasteiger partial charge is 0.338 e. The van der Waals surface area contributed by atoms with Crippen LogP contribution in [0.1, 0.15) is 0 Å². The number of carbonyl (C=O) groups excluding carboxylic acids is 1. The highest BCUT2D eigenvalue weighted by molar-refractivity contribution is 5.76. The van der Waals surface area contributed by atoms with Crippen LogP contribution in [0.5, 0.6) is 0 Å². The van der Waals surface area contributed by atoms with Crippen molar-refractivity contribution in [1.82, 2.24) is 0 Å². The second-order valence-corrected chi connectivity index (χ2v) is 5.39. The summed E-state index contributed by atoms with van der Waals surface area (Å²) in [5, 5.41) is 66.8. The molecule has 2 saturated heterocycles. The van der Waals surface area contributed by atoms with E-state index in [1.165, 1.54) is 0 Å². The molecule has 0 saturated carbocycles. The van der Waals surface area contributed by atoms with Crippen molar-refractivity contribution in [2.45, 2.75) is 55.1 Å². The lowest BCUT2D eigenvalue weighted by molar-refractivity contribution is -0.331. The Balaban J connectivity index is 2.13. The van der Waals surface area contributed by atoms with Crippen molar-refractivity contribution in [2.24, 2.45) is 0 Å². The Morgan fingerprint density at radius 2 is 1.48 bits per heavy atom. The lowest BCUT2D eigenvalue weighted by atomic mass is 9.97. The Kier molecular flexibility index (Phi) is 5.89. The fourth-order valence-corrected chi connectivity index (χ4v) is 2.47. The standard InChI is InChI=1S/C12H20O11/c13-1-3-5(15)6(16)9(19)12(22-3)23-10-4(2-14)21-11(20)8(18)7(10)17/h3-10,12-19H,1-2H2/t3-,4-,5+,6+,7-,8-,9-,10-,12?/m1/s1. The Morgan fingerprint density at radius 3 is 2.04 bits per heavy atom. The van der Waals surface area contributed by atoms with Gasteiger partial charge in [0.1, 0.15) is 36.6 Å². The van der Waals surface area contributed by atoms with Crippen LogP contribution in [0.25, 0.3) is 0 Å². The van der Waals surface area contributed by atoms with Crippen LogP contribution in [-0.4, -0.2) is 110 Å². The van der Waals surface area contributed by atoms with E-state index in [0.717, 1.165) is 0 Å². The summed E-state index contributed by atoms with van der Waals surface area (Å²) in [7, 11) is 0. The first-order chi connectivity index (χ1) is 10.8. The summed E-state index contributed by atoms with van der Waals surface area (Å²) < 4.78 is 15.0. The first kappa shape index (κ1) is 18.4. The molecule has 0 amide bonds. The molecule has 2 aliphatic heterocycles. The molecule has 0 radical (unpaired) electrons. The molecule has 0 bridgehead atoms. The Morgan fingerprint density at radius 1 is 0.870 bits per heavy atom. The van der Waals surface area contributed by atoms with E-state index in [1.54, 1.807) is 0 Å². The van der Waals surface area contributed by atoms with Crippen molar-refractivity contribution < 1.29 is 54.8 Å². The van der Waals surface area contributed by atoms with Gasteiger partial charge >= 0.3 is 5.97 Å². The van der Waals surface area contributed by atoms with Gasteiger partial charge in [0, 0.05) is 0 Å². The van der Waals surface area contributed by atoms with Crippen molar-refractivity contribution in [2.75, 3.05) is 13.2 Å². The molecule has 2 rings (SSSR count). The normalized spacial score (nSPS) is 48.1. The van der Waals surface area contributed by atoms with E-state index in [4.69, 9.17) is 14.6 Å². The van der Waals surface area contributed by atoms with E-state index >= 15 is 0 Å². The maximum Gasteiger partial charge on any atom is 0.338 e. The van der Waals surface area contributed by atoms with Crippen LogP contribution in [0.3, 0.4) is 0 Å². The lowest BCUT2D eigenvalue weighted by Gasteiger charge is -2.43. The van der Waals surface area contributed by atoms with Crippen molar-refractivity contribution in [3.63, 3.8) is 0 Å². The van der Waals surface area contributed by atoms with Crippen LogP contribution in [0.4, 0.5) is 0 Å². The summed E-state index contributed by atoms with van der Waals surface area (Å²) in [6.07, 6.45) is -14.4. The molecule has 0 aliphatic carbocycles. The minimum Gasteiger partial charge on any atom is -0.455 e. The third kappa shape index (κ3) is 3.47. The largest absolute Gasteiger partial charge is 0.455 e. The predicted octanol–water partition coefficient (Wildman–Crippen LogP) is -5.19. The van der Waals surface area contributed by atoms with Crippen LogP contribution >= 0.6 is 0 Å². The molecule has 134 valence electrons. The second kappa shape index (κ2) is 7.34. The SMILES string of the molecule is O=C1O[C@H](CO)[C@@H](OC2O[C@H](CO)[C@H](O)[C@H](O)[C@H]2O)[C@H](O)[C@H]1O. The minimum absolute atomic E-state index is 0.681. The minimum atomic E-state index is -1.92. The van der Waals surface area contributed by atoms with Crippen LogP contribution in [0.2, 0.25) is 0 Å². The molecule has 2 heterocycles. The van der Waals surface area contributed by atoms with Gasteiger partial charge in [-0.25, -0.2) is 4.79 Å².